The first-order chi connectivity index (χ1) is 14.6. The quantitative estimate of drug-likeness (QED) is 0.650. The fraction of sp³-hybridized carbons (Fsp3) is 0.167. The van der Waals surface area contributed by atoms with E-state index in [4.69, 9.17) is 4.74 Å². The average Bonchev–Trinajstić information content (AvgIpc) is 2.80. The van der Waals surface area contributed by atoms with Gasteiger partial charge in [0.25, 0.3) is 5.91 Å². The van der Waals surface area contributed by atoms with E-state index < -0.39 is 0 Å². The standard InChI is InChI=1S/C24H22N2O3S/c1-29-20-10-7-17(8-11-20)14-25-24(28)19-9-12-22-21(13-19)26(23(27)16-30-22)15-18-5-3-2-4-6-18/h2-13H,14-16H2,1H3,(H,25,28). The van der Waals surface area contributed by atoms with Gasteiger partial charge in [0, 0.05) is 17.0 Å². The predicted molar refractivity (Wildman–Crippen MR) is 119 cm³/mol. The molecule has 2 amide bonds. The first-order valence-electron chi connectivity index (χ1n) is 9.66. The van der Waals surface area contributed by atoms with Gasteiger partial charge in [-0.3, -0.25) is 9.59 Å². The lowest BCUT2D eigenvalue weighted by molar-refractivity contribution is -0.116. The van der Waals surface area contributed by atoms with Gasteiger partial charge >= 0.3 is 0 Å². The highest BCUT2D eigenvalue weighted by atomic mass is 32.2. The van der Waals surface area contributed by atoms with E-state index in [1.807, 2.05) is 72.8 Å². The highest BCUT2D eigenvalue weighted by Gasteiger charge is 2.26. The molecule has 0 aliphatic carbocycles. The van der Waals surface area contributed by atoms with Crippen molar-refractivity contribution in [3.63, 3.8) is 0 Å². The Bertz CT molecular complexity index is 1050. The number of methoxy groups -OCH3 is 1. The molecule has 0 radical (unpaired) electrons. The van der Waals surface area contributed by atoms with Crippen molar-refractivity contribution in [2.45, 2.75) is 18.0 Å². The van der Waals surface area contributed by atoms with Crippen LogP contribution < -0.4 is 15.0 Å². The molecule has 3 aromatic rings. The first kappa shape index (κ1) is 20.0. The van der Waals surface area contributed by atoms with E-state index >= 15 is 0 Å². The van der Waals surface area contributed by atoms with Crippen LogP contribution in [0.2, 0.25) is 0 Å². The van der Waals surface area contributed by atoms with E-state index in [1.165, 1.54) is 11.8 Å². The number of hydrogen-bond acceptors (Lipinski definition) is 4. The molecule has 4 rings (SSSR count). The summed E-state index contributed by atoms with van der Waals surface area (Å²) in [5, 5.41) is 2.95. The monoisotopic (exact) mass is 418 g/mol. The predicted octanol–water partition coefficient (Wildman–Crippen LogP) is 4.26. The van der Waals surface area contributed by atoms with Crippen molar-refractivity contribution in [2.24, 2.45) is 0 Å². The summed E-state index contributed by atoms with van der Waals surface area (Å²) in [6.07, 6.45) is 0. The van der Waals surface area contributed by atoms with Crippen molar-refractivity contribution in [2.75, 3.05) is 17.8 Å². The Morgan fingerprint density at radius 2 is 1.80 bits per heavy atom. The van der Waals surface area contributed by atoms with Gasteiger partial charge in [0.05, 0.1) is 25.1 Å². The molecule has 0 unspecified atom stereocenters. The van der Waals surface area contributed by atoms with Crippen LogP contribution in [0, 0.1) is 0 Å². The maximum atomic E-state index is 12.7. The maximum absolute atomic E-state index is 12.7. The van der Waals surface area contributed by atoms with Crippen molar-refractivity contribution in [1.82, 2.24) is 5.32 Å². The zero-order valence-corrected chi connectivity index (χ0v) is 17.4. The minimum Gasteiger partial charge on any atom is -0.497 e. The number of carbonyl (C=O) groups is 2. The molecule has 1 aliphatic heterocycles. The van der Waals surface area contributed by atoms with Gasteiger partial charge in [-0.15, -0.1) is 11.8 Å². The smallest absolute Gasteiger partial charge is 0.251 e. The second kappa shape index (κ2) is 9.05. The molecule has 0 aromatic heterocycles. The Morgan fingerprint density at radius 3 is 2.53 bits per heavy atom. The minimum absolute atomic E-state index is 0.0483. The molecule has 0 atom stereocenters. The molecule has 1 aliphatic rings. The fourth-order valence-corrected chi connectivity index (χ4v) is 4.23. The number of nitrogens with one attached hydrogen (secondary N) is 1. The summed E-state index contributed by atoms with van der Waals surface area (Å²) in [6, 6.07) is 23.0. The van der Waals surface area contributed by atoms with Crippen LogP contribution in [0.25, 0.3) is 0 Å². The first-order valence-corrected chi connectivity index (χ1v) is 10.6. The Labute approximate surface area is 180 Å². The molecule has 0 saturated carbocycles. The Kier molecular flexibility index (Phi) is 6.05. The van der Waals surface area contributed by atoms with E-state index in [2.05, 4.69) is 5.32 Å². The van der Waals surface area contributed by atoms with Crippen LogP contribution in [0.3, 0.4) is 0 Å². The number of thioether (sulfide) groups is 1. The Balaban J connectivity index is 1.51. The SMILES string of the molecule is COc1ccc(CNC(=O)c2ccc3c(c2)N(Cc2ccccc2)C(=O)CS3)cc1. The fourth-order valence-electron chi connectivity index (χ4n) is 3.31. The third-order valence-electron chi connectivity index (χ3n) is 4.96. The van der Waals surface area contributed by atoms with Gasteiger partial charge in [-0.1, -0.05) is 42.5 Å². The third-order valence-corrected chi connectivity index (χ3v) is 6.01. The number of amides is 2. The van der Waals surface area contributed by atoms with E-state index in [1.54, 1.807) is 12.0 Å². The van der Waals surface area contributed by atoms with Crippen LogP contribution in [-0.4, -0.2) is 24.7 Å². The van der Waals surface area contributed by atoms with Crippen LogP contribution in [0.4, 0.5) is 5.69 Å². The van der Waals surface area contributed by atoms with Crippen LogP contribution in [0.5, 0.6) is 5.75 Å². The van der Waals surface area contributed by atoms with Crippen molar-refractivity contribution in [3.05, 3.63) is 89.5 Å². The van der Waals surface area contributed by atoms with Gasteiger partial charge in [0.2, 0.25) is 5.91 Å². The summed E-state index contributed by atoms with van der Waals surface area (Å²) >= 11 is 1.51. The lowest BCUT2D eigenvalue weighted by atomic mass is 10.1. The Hall–Kier alpha value is -3.25. The van der Waals surface area contributed by atoms with Crippen molar-refractivity contribution >= 4 is 29.3 Å². The van der Waals surface area contributed by atoms with Gasteiger partial charge in [-0.05, 0) is 41.5 Å². The Morgan fingerprint density at radius 1 is 1.03 bits per heavy atom. The lowest BCUT2D eigenvalue weighted by Crippen LogP contribution is -2.35. The summed E-state index contributed by atoms with van der Waals surface area (Å²) in [7, 11) is 1.62. The molecule has 5 nitrogen and oxygen atoms in total. The molecule has 1 heterocycles. The molecule has 30 heavy (non-hydrogen) atoms. The molecule has 0 spiro atoms. The van der Waals surface area contributed by atoms with Crippen molar-refractivity contribution in [1.29, 1.82) is 0 Å². The normalized spacial score (nSPS) is 13.0. The second-order valence-corrected chi connectivity index (χ2v) is 7.98. The third kappa shape index (κ3) is 4.49. The largest absolute Gasteiger partial charge is 0.497 e. The van der Waals surface area contributed by atoms with Gasteiger partial charge in [-0.2, -0.15) is 0 Å². The highest BCUT2D eigenvalue weighted by molar-refractivity contribution is 8.00. The zero-order chi connectivity index (χ0) is 20.9. The molecule has 1 N–H and O–H groups in total. The highest BCUT2D eigenvalue weighted by Crippen LogP contribution is 2.36. The molecular formula is C24H22N2O3S. The second-order valence-electron chi connectivity index (χ2n) is 6.97. The van der Waals surface area contributed by atoms with Crippen LogP contribution >= 0.6 is 11.8 Å². The molecule has 3 aromatic carbocycles. The van der Waals surface area contributed by atoms with Gasteiger partial charge in [-0.25, -0.2) is 0 Å². The number of fused-ring (bicyclic) bond motifs is 1. The number of carbonyl (C=O) groups excluding carboxylic acids is 2. The molecule has 0 fully saturated rings. The van der Waals surface area contributed by atoms with Crippen molar-refractivity contribution < 1.29 is 14.3 Å². The van der Waals surface area contributed by atoms with Crippen molar-refractivity contribution in [3.8, 4) is 5.75 Å². The van der Waals surface area contributed by atoms with E-state index in [-0.39, 0.29) is 11.8 Å². The zero-order valence-electron chi connectivity index (χ0n) is 16.6. The number of nitrogens with zero attached hydrogens (tertiary/aromatic N) is 1. The summed E-state index contributed by atoms with van der Waals surface area (Å²) < 4.78 is 5.16. The average molecular weight is 419 g/mol. The summed E-state index contributed by atoms with van der Waals surface area (Å²) in [6.45, 7) is 0.908. The summed E-state index contributed by atoms with van der Waals surface area (Å²) in [5.74, 6) is 1.06. The van der Waals surface area contributed by atoms with E-state index in [0.29, 0.717) is 24.4 Å². The number of anilines is 1. The molecule has 0 bridgehead atoms. The number of ether oxygens (including phenoxy) is 1. The number of rotatable bonds is 6. The molecular weight excluding hydrogens is 396 g/mol. The van der Waals surface area contributed by atoms with Gasteiger partial charge in [0.1, 0.15) is 5.75 Å². The van der Waals surface area contributed by atoms with Gasteiger partial charge in [0.15, 0.2) is 0 Å². The summed E-state index contributed by atoms with van der Waals surface area (Å²) in [4.78, 5) is 28.1. The minimum atomic E-state index is -0.170. The van der Waals surface area contributed by atoms with Crippen LogP contribution in [0.15, 0.2) is 77.7 Å². The van der Waals surface area contributed by atoms with E-state index in [0.717, 1.165) is 27.5 Å². The molecule has 0 saturated heterocycles. The van der Waals surface area contributed by atoms with Crippen LogP contribution in [0.1, 0.15) is 21.5 Å². The molecule has 6 heteroatoms. The summed E-state index contributed by atoms with van der Waals surface area (Å²) in [5.41, 5.74) is 3.37. The topological polar surface area (TPSA) is 58.6 Å². The van der Waals surface area contributed by atoms with E-state index in [9.17, 15) is 9.59 Å². The number of hydrogen-bond donors (Lipinski definition) is 1. The molecule has 152 valence electrons. The van der Waals surface area contributed by atoms with Gasteiger partial charge < -0.3 is 15.0 Å². The maximum Gasteiger partial charge on any atom is 0.251 e. The number of benzene rings is 3. The van der Waals surface area contributed by atoms with Crippen LogP contribution in [-0.2, 0) is 17.9 Å². The lowest BCUT2D eigenvalue weighted by Gasteiger charge is -2.29.